The van der Waals surface area contributed by atoms with Crippen LogP contribution < -0.4 is 4.57 Å². The lowest BCUT2D eigenvalue weighted by molar-refractivity contribution is -0.697. The molecule has 1 aromatic heterocycles. The van der Waals surface area contributed by atoms with Crippen molar-refractivity contribution in [1.82, 2.24) is 0 Å². The summed E-state index contributed by atoms with van der Waals surface area (Å²) in [6.07, 6.45) is 0. The summed E-state index contributed by atoms with van der Waals surface area (Å²) in [5.74, 6) is -0.149. The molecule has 2 aromatic rings. The van der Waals surface area contributed by atoms with Crippen LogP contribution in [0, 0.1) is 6.92 Å². The van der Waals surface area contributed by atoms with Crippen LogP contribution in [0.2, 0.25) is 0 Å². The molecule has 2 rings (SSSR count). The highest BCUT2D eigenvalue weighted by molar-refractivity contribution is 5.80. The molecule has 0 fully saturated rings. The normalized spacial score (nSPS) is 11.2. The average molecular weight is 218 g/mol. The van der Waals surface area contributed by atoms with Crippen molar-refractivity contribution in [2.45, 2.75) is 26.8 Å². The lowest BCUT2D eigenvalue weighted by Gasteiger charge is -2.09. The molecular formula is C13H16NO2+. The molecule has 0 unspecified atom stereocenters. The molecule has 16 heavy (non-hydrogen) atoms. The predicted octanol–water partition coefficient (Wildman–Crippen LogP) is 2.43. The Bertz CT molecular complexity index is 547. The van der Waals surface area contributed by atoms with Gasteiger partial charge in [0.2, 0.25) is 11.3 Å². The molecule has 0 spiro atoms. The topological polar surface area (TPSA) is 44.3 Å². The number of fused-ring (bicyclic) bond motifs is 1. The minimum absolute atomic E-state index is 0.0724. The number of benzene rings is 1. The zero-order valence-electron chi connectivity index (χ0n) is 9.73. The van der Waals surface area contributed by atoms with E-state index in [2.05, 4.69) is 0 Å². The number of nitrogens with zero attached hydrogens (tertiary/aromatic N) is 1. The fourth-order valence-electron chi connectivity index (χ4n) is 2.07. The van der Waals surface area contributed by atoms with Crippen molar-refractivity contribution in [3.63, 3.8) is 0 Å². The number of aryl methyl sites for hydroxylation is 1. The fraction of sp³-hybridized carbons (Fsp3) is 0.308. The van der Waals surface area contributed by atoms with Crippen LogP contribution in [0.25, 0.3) is 10.9 Å². The molecule has 0 amide bonds. The SMILES string of the molecule is Cc1cccc2cc(O)c(O)[n+](C(C)C)c12. The van der Waals surface area contributed by atoms with E-state index in [1.165, 1.54) is 0 Å². The van der Waals surface area contributed by atoms with Crippen molar-refractivity contribution in [2.24, 2.45) is 0 Å². The molecule has 0 aliphatic heterocycles. The largest absolute Gasteiger partial charge is 0.500 e. The highest BCUT2D eigenvalue weighted by Gasteiger charge is 2.24. The fourth-order valence-corrected chi connectivity index (χ4v) is 2.07. The summed E-state index contributed by atoms with van der Waals surface area (Å²) in [6, 6.07) is 7.56. The molecule has 1 aromatic carbocycles. The van der Waals surface area contributed by atoms with Crippen LogP contribution in [0.1, 0.15) is 25.5 Å². The van der Waals surface area contributed by atoms with Gasteiger partial charge in [0.15, 0.2) is 6.04 Å². The molecule has 0 aliphatic rings. The van der Waals surface area contributed by atoms with E-state index in [9.17, 15) is 10.2 Å². The number of aromatic hydroxyl groups is 2. The van der Waals surface area contributed by atoms with Crippen molar-refractivity contribution in [3.8, 4) is 11.6 Å². The minimum Gasteiger partial charge on any atom is -0.500 e. The second-order valence-corrected chi connectivity index (χ2v) is 4.33. The standard InChI is InChI=1S/C13H15NO2/c1-8(2)14-12-9(3)5-4-6-10(12)7-11(15)13(14)16/h4-8,15H,1-3H3/p+1. The zero-order chi connectivity index (χ0) is 11.9. The first-order valence-corrected chi connectivity index (χ1v) is 5.38. The number of pyridine rings is 1. The number of para-hydroxylation sites is 1. The molecular weight excluding hydrogens is 202 g/mol. The molecule has 0 aliphatic carbocycles. The van der Waals surface area contributed by atoms with Crippen LogP contribution in [-0.4, -0.2) is 10.2 Å². The first-order chi connectivity index (χ1) is 7.52. The van der Waals surface area contributed by atoms with E-state index < -0.39 is 0 Å². The van der Waals surface area contributed by atoms with Crippen LogP contribution in [0.3, 0.4) is 0 Å². The molecule has 0 atom stereocenters. The molecule has 0 saturated heterocycles. The Morgan fingerprint density at radius 1 is 1.19 bits per heavy atom. The Hall–Kier alpha value is -1.77. The summed E-state index contributed by atoms with van der Waals surface area (Å²) in [5, 5.41) is 20.5. The summed E-state index contributed by atoms with van der Waals surface area (Å²) < 4.78 is 1.75. The second kappa shape index (κ2) is 3.67. The number of hydrogen-bond donors (Lipinski definition) is 2. The predicted molar refractivity (Wildman–Crippen MR) is 62.6 cm³/mol. The molecule has 3 heteroatoms. The first-order valence-electron chi connectivity index (χ1n) is 5.38. The molecule has 84 valence electrons. The third-order valence-electron chi connectivity index (χ3n) is 2.78. The summed E-state index contributed by atoms with van der Waals surface area (Å²) in [6.45, 7) is 5.95. The van der Waals surface area contributed by atoms with Gasteiger partial charge in [-0.15, -0.1) is 0 Å². The summed E-state index contributed by atoms with van der Waals surface area (Å²) in [5.41, 5.74) is 2.05. The Morgan fingerprint density at radius 2 is 1.88 bits per heavy atom. The molecule has 0 saturated carbocycles. The van der Waals surface area contributed by atoms with Crippen LogP contribution in [0.5, 0.6) is 11.6 Å². The Balaban J connectivity index is 2.97. The van der Waals surface area contributed by atoms with E-state index in [0.29, 0.717) is 0 Å². The van der Waals surface area contributed by atoms with Gasteiger partial charge in [-0.1, -0.05) is 12.1 Å². The van der Waals surface area contributed by atoms with Gasteiger partial charge in [-0.05, 0) is 26.8 Å². The highest BCUT2D eigenvalue weighted by atomic mass is 16.3. The van der Waals surface area contributed by atoms with Crippen molar-refractivity contribution in [1.29, 1.82) is 0 Å². The lowest BCUT2D eigenvalue weighted by Crippen LogP contribution is -2.37. The maximum Gasteiger partial charge on any atom is 0.409 e. The van der Waals surface area contributed by atoms with Gasteiger partial charge >= 0.3 is 5.88 Å². The summed E-state index contributed by atoms with van der Waals surface area (Å²) in [7, 11) is 0. The van der Waals surface area contributed by atoms with Gasteiger partial charge in [0, 0.05) is 11.6 Å². The van der Waals surface area contributed by atoms with Crippen LogP contribution >= 0.6 is 0 Å². The second-order valence-electron chi connectivity index (χ2n) is 4.33. The molecule has 3 nitrogen and oxygen atoms in total. The Labute approximate surface area is 94.6 Å². The molecule has 0 bridgehead atoms. The van der Waals surface area contributed by atoms with Gasteiger partial charge in [0.05, 0.1) is 5.39 Å². The van der Waals surface area contributed by atoms with E-state index in [1.807, 2.05) is 39.0 Å². The van der Waals surface area contributed by atoms with E-state index in [4.69, 9.17) is 0 Å². The first kappa shape index (κ1) is 10.7. The van der Waals surface area contributed by atoms with Gasteiger partial charge in [0.1, 0.15) is 0 Å². The Morgan fingerprint density at radius 3 is 2.50 bits per heavy atom. The molecule has 0 radical (unpaired) electrons. The van der Waals surface area contributed by atoms with Crippen LogP contribution in [0.15, 0.2) is 24.3 Å². The average Bonchev–Trinajstić information content (AvgIpc) is 2.20. The minimum atomic E-state index is -0.0770. The number of hydrogen-bond acceptors (Lipinski definition) is 2. The van der Waals surface area contributed by atoms with Gasteiger partial charge < -0.3 is 10.2 Å². The van der Waals surface area contributed by atoms with Gasteiger partial charge in [0.25, 0.3) is 0 Å². The lowest BCUT2D eigenvalue weighted by atomic mass is 10.1. The zero-order valence-corrected chi connectivity index (χ0v) is 9.73. The molecule has 1 heterocycles. The molecule has 2 N–H and O–H groups in total. The third kappa shape index (κ3) is 1.48. The van der Waals surface area contributed by atoms with E-state index in [0.717, 1.165) is 16.5 Å². The smallest absolute Gasteiger partial charge is 0.409 e. The van der Waals surface area contributed by atoms with E-state index in [-0.39, 0.29) is 17.7 Å². The maximum atomic E-state index is 9.90. The van der Waals surface area contributed by atoms with E-state index >= 15 is 0 Å². The van der Waals surface area contributed by atoms with Gasteiger partial charge in [-0.3, -0.25) is 0 Å². The van der Waals surface area contributed by atoms with Crippen molar-refractivity contribution >= 4 is 10.9 Å². The van der Waals surface area contributed by atoms with Crippen LogP contribution in [0.4, 0.5) is 0 Å². The maximum absolute atomic E-state index is 9.90. The van der Waals surface area contributed by atoms with Crippen molar-refractivity contribution in [3.05, 3.63) is 29.8 Å². The van der Waals surface area contributed by atoms with Gasteiger partial charge in [-0.25, -0.2) is 0 Å². The summed E-state index contributed by atoms with van der Waals surface area (Å²) >= 11 is 0. The third-order valence-corrected chi connectivity index (χ3v) is 2.78. The highest BCUT2D eigenvalue weighted by Crippen LogP contribution is 2.28. The monoisotopic (exact) mass is 218 g/mol. The van der Waals surface area contributed by atoms with Crippen molar-refractivity contribution < 1.29 is 14.8 Å². The van der Waals surface area contributed by atoms with Crippen LogP contribution in [-0.2, 0) is 0 Å². The van der Waals surface area contributed by atoms with E-state index in [1.54, 1.807) is 10.6 Å². The van der Waals surface area contributed by atoms with Gasteiger partial charge in [-0.2, -0.15) is 4.57 Å². The summed E-state index contributed by atoms with van der Waals surface area (Å²) in [4.78, 5) is 0. The Kier molecular flexibility index (Phi) is 2.46. The number of aromatic nitrogens is 1. The van der Waals surface area contributed by atoms with Crippen molar-refractivity contribution in [2.75, 3.05) is 0 Å². The number of rotatable bonds is 1. The quantitative estimate of drug-likeness (QED) is 0.722.